The molecule has 0 spiro atoms. The van der Waals surface area contributed by atoms with Crippen LogP contribution in [0.1, 0.15) is 18.2 Å². The van der Waals surface area contributed by atoms with Crippen LogP contribution in [0, 0.1) is 0 Å². The normalized spacial score (nSPS) is 10.4. The van der Waals surface area contributed by atoms with Crippen LogP contribution in [0.25, 0.3) is 0 Å². The average Bonchev–Trinajstić information content (AvgIpc) is 2.72. The SMILES string of the molecule is CCc1cccc(NCc2ccnn2C)c1. The molecule has 0 atom stereocenters. The van der Waals surface area contributed by atoms with E-state index in [4.69, 9.17) is 0 Å². The zero-order valence-corrected chi connectivity index (χ0v) is 9.77. The summed E-state index contributed by atoms with van der Waals surface area (Å²) in [5.41, 5.74) is 3.71. The summed E-state index contributed by atoms with van der Waals surface area (Å²) in [5.74, 6) is 0. The third-order valence-corrected chi connectivity index (χ3v) is 2.73. The molecule has 0 aliphatic rings. The summed E-state index contributed by atoms with van der Waals surface area (Å²) in [6.07, 6.45) is 2.89. The molecule has 0 saturated carbocycles. The molecule has 0 aliphatic carbocycles. The topological polar surface area (TPSA) is 29.9 Å². The summed E-state index contributed by atoms with van der Waals surface area (Å²) < 4.78 is 1.89. The lowest BCUT2D eigenvalue weighted by molar-refractivity contribution is 0.720. The van der Waals surface area contributed by atoms with Crippen molar-refractivity contribution in [3.05, 3.63) is 47.8 Å². The van der Waals surface area contributed by atoms with Crippen molar-refractivity contribution in [1.29, 1.82) is 0 Å². The van der Waals surface area contributed by atoms with E-state index in [1.807, 2.05) is 24.0 Å². The number of hydrogen-bond donors (Lipinski definition) is 1. The summed E-state index contributed by atoms with van der Waals surface area (Å²) in [4.78, 5) is 0. The van der Waals surface area contributed by atoms with Crippen molar-refractivity contribution < 1.29 is 0 Å². The molecule has 1 heterocycles. The van der Waals surface area contributed by atoms with E-state index in [-0.39, 0.29) is 0 Å². The van der Waals surface area contributed by atoms with Gasteiger partial charge in [-0.05, 0) is 30.2 Å². The van der Waals surface area contributed by atoms with E-state index in [0.717, 1.165) is 13.0 Å². The monoisotopic (exact) mass is 215 g/mol. The first-order valence-electron chi connectivity index (χ1n) is 5.59. The fraction of sp³-hybridized carbons (Fsp3) is 0.308. The molecule has 1 aromatic carbocycles. The Labute approximate surface area is 96.1 Å². The molecular weight excluding hydrogens is 198 g/mol. The molecule has 1 aromatic heterocycles. The molecule has 0 saturated heterocycles. The maximum absolute atomic E-state index is 4.14. The van der Waals surface area contributed by atoms with E-state index in [1.165, 1.54) is 16.9 Å². The molecule has 0 radical (unpaired) electrons. The Morgan fingerprint density at radius 2 is 2.19 bits per heavy atom. The van der Waals surface area contributed by atoms with Gasteiger partial charge < -0.3 is 5.32 Å². The van der Waals surface area contributed by atoms with Crippen LogP contribution in [-0.4, -0.2) is 9.78 Å². The van der Waals surface area contributed by atoms with E-state index in [0.29, 0.717) is 0 Å². The number of rotatable bonds is 4. The van der Waals surface area contributed by atoms with E-state index in [9.17, 15) is 0 Å². The highest BCUT2D eigenvalue weighted by molar-refractivity contribution is 5.45. The van der Waals surface area contributed by atoms with E-state index >= 15 is 0 Å². The standard InChI is InChI=1S/C13H17N3/c1-3-11-5-4-6-12(9-11)14-10-13-7-8-15-16(13)2/h4-9,14H,3,10H2,1-2H3. The Morgan fingerprint density at radius 1 is 1.31 bits per heavy atom. The van der Waals surface area contributed by atoms with Crippen LogP contribution in [0.2, 0.25) is 0 Å². The largest absolute Gasteiger partial charge is 0.379 e. The lowest BCUT2D eigenvalue weighted by Gasteiger charge is -2.07. The molecule has 1 N–H and O–H groups in total. The number of benzene rings is 1. The van der Waals surface area contributed by atoms with Gasteiger partial charge in [-0.15, -0.1) is 0 Å². The number of anilines is 1. The van der Waals surface area contributed by atoms with Crippen LogP contribution in [0.5, 0.6) is 0 Å². The second-order valence-corrected chi connectivity index (χ2v) is 3.85. The van der Waals surface area contributed by atoms with Gasteiger partial charge in [0.1, 0.15) is 0 Å². The van der Waals surface area contributed by atoms with Crippen LogP contribution in [-0.2, 0) is 20.0 Å². The van der Waals surface area contributed by atoms with Crippen molar-refractivity contribution in [3.8, 4) is 0 Å². The molecule has 0 aliphatic heterocycles. The van der Waals surface area contributed by atoms with Crippen molar-refractivity contribution >= 4 is 5.69 Å². The van der Waals surface area contributed by atoms with Crippen LogP contribution < -0.4 is 5.32 Å². The molecule has 3 heteroatoms. The third-order valence-electron chi connectivity index (χ3n) is 2.73. The van der Waals surface area contributed by atoms with Gasteiger partial charge in [0.2, 0.25) is 0 Å². The first-order chi connectivity index (χ1) is 7.79. The van der Waals surface area contributed by atoms with Crippen molar-refractivity contribution in [2.45, 2.75) is 19.9 Å². The van der Waals surface area contributed by atoms with Gasteiger partial charge in [0.25, 0.3) is 0 Å². The molecule has 0 bridgehead atoms. The van der Waals surface area contributed by atoms with Gasteiger partial charge in [0.05, 0.1) is 12.2 Å². The van der Waals surface area contributed by atoms with Gasteiger partial charge in [0.15, 0.2) is 0 Å². The number of nitrogens with zero attached hydrogens (tertiary/aromatic N) is 2. The number of aromatic nitrogens is 2. The van der Waals surface area contributed by atoms with Crippen LogP contribution in [0.15, 0.2) is 36.5 Å². The Bertz CT molecular complexity index is 460. The minimum absolute atomic E-state index is 0.809. The van der Waals surface area contributed by atoms with Crippen molar-refractivity contribution in [3.63, 3.8) is 0 Å². The lowest BCUT2D eigenvalue weighted by Crippen LogP contribution is -2.05. The van der Waals surface area contributed by atoms with Gasteiger partial charge in [-0.1, -0.05) is 19.1 Å². The predicted molar refractivity (Wildman–Crippen MR) is 66.4 cm³/mol. The van der Waals surface area contributed by atoms with E-state index in [1.54, 1.807) is 0 Å². The molecule has 0 amide bonds. The summed E-state index contributed by atoms with van der Waals surface area (Å²) in [6, 6.07) is 10.5. The fourth-order valence-electron chi connectivity index (χ4n) is 1.67. The highest BCUT2D eigenvalue weighted by atomic mass is 15.3. The van der Waals surface area contributed by atoms with Crippen LogP contribution in [0.3, 0.4) is 0 Å². The third kappa shape index (κ3) is 2.42. The van der Waals surface area contributed by atoms with Gasteiger partial charge >= 0.3 is 0 Å². The zero-order valence-electron chi connectivity index (χ0n) is 9.77. The Balaban J connectivity index is 2.02. The van der Waals surface area contributed by atoms with Crippen LogP contribution in [0.4, 0.5) is 5.69 Å². The van der Waals surface area contributed by atoms with Crippen molar-refractivity contribution in [1.82, 2.24) is 9.78 Å². The Hall–Kier alpha value is -1.77. The molecule has 3 nitrogen and oxygen atoms in total. The minimum Gasteiger partial charge on any atom is -0.379 e. The number of aryl methyl sites for hydroxylation is 2. The Morgan fingerprint density at radius 3 is 2.88 bits per heavy atom. The van der Waals surface area contributed by atoms with Crippen molar-refractivity contribution in [2.24, 2.45) is 7.05 Å². The second kappa shape index (κ2) is 4.84. The van der Waals surface area contributed by atoms with E-state index in [2.05, 4.69) is 41.6 Å². The van der Waals surface area contributed by atoms with Crippen molar-refractivity contribution in [2.75, 3.05) is 5.32 Å². The first kappa shape index (κ1) is 10.7. The Kier molecular flexibility index (Phi) is 3.25. The fourth-order valence-corrected chi connectivity index (χ4v) is 1.67. The highest BCUT2D eigenvalue weighted by Gasteiger charge is 1.98. The molecule has 0 unspecified atom stereocenters. The predicted octanol–water partition coefficient (Wildman–Crippen LogP) is 2.59. The van der Waals surface area contributed by atoms with Gasteiger partial charge in [-0.2, -0.15) is 5.10 Å². The molecule has 16 heavy (non-hydrogen) atoms. The number of nitrogens with one attached hydrogen (secondary N) is 1. The summed E-state index contributed by atoms with van der Waals surface area (Å²) in [7, 11) is 1.96. The lowest BCUT2D eigenvalue weighted by atomic mass is 10.1. The average molecular weight is 215 g/mol. The summed E-state index contributed by atoms with van der Waals surface area (Å²) in [5, 5.41) is 7.54. The zero-order chi connectivity index (χ0) is 11.4. The molecule has 84 valence electrons. The smallest absolute Gasteiger partial charge is 0.0571 e. The van der Waals surface area contributed by atoms with Gasteiger partial charge in [-0.3, -0.25) is 4.68 Å². The molecule has 0 fully saturated rings. The summed E-state index contributed by atoms with van der Waals surface area (Å²) >= 11 is 0. The first-order valence-corrected chi connectivity index (χ1v) is 5.59. The van der Waals surface area contributed by atoms with E-state index < -0.39 is 0 Å². The number of hydrogen-bond acceptors (Lipinski definition) is 2. The minimum atomic E-state index is 0.809. The molecule has 2 aromatic rings. The quantitative estimate of drug-likeness (QED) is 0.849. The van der Waals surface area contributed by atoms with Gasteiger partial charge in [-0.25, -0.2) is 0 Å². The maximum Gasteiger partial charge on any atom is 0.0571 e. The second-order valence-electron chi connectivity index (χ2n) is 3.85. The summed E-state index contributed by atoms with van der Waals surface area (Å²) in [6.45, 7) is 2.98. The molecule has 2 rings (SSSR count). The maximum atomic E-state index is 4.14. The molecular formula is C13H17N3. The highest BCUT2D eigenvalue weighted by Crippen LogP contribution is 2.12. The van der Waals surface area contributed by atoms with Crippen LogP contribution >= 0.6 is 0 Å². The van der Waals surface area contributed by atoms with Gasteiger partial charge in [0, 0.05) is 18.9 Å².